The third-order valence-electron chi connectivity index (χ3n) is 9.89. The van der Waals surface area contributed by atoms with Crippen LogP contribution in [-0.4, -0.2) is 153 Å². The van der Waals surface area contributed by atoms with Crippen LogP contribution in [0.3, 0.4) is 0 Å². The Bertz CT molecular complexity index is 2070. The SMILES string of the molecule is CCC(=O)NC(=O)C(=O)C(C)C(=O)OC.CCC(=O)NC(=O)C(=O)C(C)C(C)=O.CCC(=O)NCC(=O)C(C)C(=O)OC.CCC(=O)NCC(=O)C(C)C(C)=O.CCNC(=O)C(C)C(=O)OC.CCNC(=O)C(C)C(C)=O. The molecule has 438 valence electrons. The highest BCUT2D eigenvalue weighted by Gasteiger charge is 2.29. The molecule has 6 atom stereocenters. The highest BCUT2D eigenvalue weighted by atomic mass is 16.5. The van der Waals surface area contributed by atoms with Crippen molar-refractivity contribution in [2.45, 2.75) is 130 Å². The van der Waals surface area contributed by atoms with E-state index >= 15 is 0 Å². The molecule has 0 aromatic carbocycles. The lowest BCUT2D eigenvalue weighted by Gasteiger charge is -2.08. The fourth-order valence-electron chi connectivity index (χ4n) is 4.00. The Morgan fingerprint density at radius 2 is 0.610 bits per heavy atom. The first-order valence-corrected chi connectivity index (χ1v) is 24.2. The van der Waals surface area contributed by atoms with Gasteiger partial charge < -0.3 is 35.5 Å². The Morgan fingerprint density at radius 1 is 0.338 bits per heavy atom. The Kier molecular flexibility index (Phi) is 49.0. The van der Waals surface area contributed by atoms with Gasteiger partial charge in [0.25, 0.3) is 11.8 Å². The number of ketones is 7. The largest absolute Gasteiger partial charge is 0.468 e. The number of hydrogen-bond acceptors (Lipinski definition) is 21. The number of ether oxygens (including phenoxy) is 3. The first kappa shape index (κ1) is 80.6. The van der Waals surface area contributed by atoms with Crippen LogP contribution in [0.4, 0.5) is 0 Å². The number of methoxy groups -OCH3 is 3. The maximum absolute atomic E-state index is 11.2. The molecule has 77 heavy (non-hydrogen) atoms. The van der Waals surface area contributed by atoms with Crippen molar-refractivity contribution in [3.8, 4) is 0 Å². The van der Waals surface area contributed by atoms with Crippen LogP contribution in [0.5, 0.6) is 0 Å². The molecule has 0 aromatic heterocycles. The Balaban J connectivity index is -0.000000197. The van der Waals surface area contributed by atoms with Crippen molar-refractivity contribution in [2.24, 2.45) is 35.5 Å². The quantitative estimate of drug-likeness (QED) is 0.0313. The Morgan fingerprint density at radius 3 is 0.896 bits per heavy atom. The summed E-state index contributed by atoms with van der Waals surface area (Å²) < 4.78 is 13.1. The van der Waals surface area contributed by atoms with Gasteiger partial charge in [-0.15, -0.1) is 0 Å². The summed E-state index contributed by atoms with van der Waals surface area (Å²) in [4.78, 5) is 196. The van der Waals surface area contributed by atoms with Gasteiger partial charge in [0.15, 0.2) is 11.6 Å². The van der Waals surface area contributed by atoms with Crippen LogP contribution >= 0.6 is 0 Å². The molecular weight excluding hydrogens is 1020 g/mol. The molecule has 0 bridgehead atoms. The Labute approximate surface area is 449 Å². The topological polar surface area (TPSA) is 407 Å². The van der Waals surface area contributed by atoms with Gasteiger partial charge >= 0.3 is 17.9 Å². The minimum atomic E-state index is -1.19. The molecule has 0 aromatic rings. The van der Waals surface area contributed by atoms with E-state index in [0.29, 0.717) is 25.9 Å². The maximum atomic E-state index is 11.2. The van der Waals surface area contributed by atoms with Crippen LogP contribution in [0.1, 0.15) is 130 Å². The number of hydrogen-bond donors (Lipinski definition) is 6. The van der Waals surface area contributed by atoms with E-state index in [1.165, 1.54) is 69.6 Å². The number of carbonyl (C=O) groups excluding carboxylic acids is 18. The molecule has 0 heterocycles. The molecule has 0 spiro atoms. The van der Waals surface area contributed by atoms with E-state index in [1.54, 1.807) is 41.5 Å². The number of imide groups is 2. The number of carbonyl (C=O) groups is 18. The van der Waals surface area contributed by atoms with Crippen LogP contribution in [0.2, 0.25) is 0 Å². The van der Waals surface area contributed by atoms with Gasteiger partial charge in [-0.3, -0.25) is 96.9 Å². The van der Waals surface area contributed by atoms with E-state index in [-0.39, 0.29) is 72.7 Å². The van der Waals surface area contributed by atoms with E-state index in [4.69, 9.17) is 0 Å². The molecule has 0 aliphatic heterocycles. The summed E-state index contributed by atoms with van der Waals surface area (Å²) in [6.07, 6.45) is 0.876. The number of esters is 3. The van der Waals surface area contributed by atoms with Crippen molar-refractivity contribution in [3.63, 3.8) is 0 Å². The average molecular weight is 1100 g/mol. The minimum Gasteiger partial charge on any atom is -0.468 e. The van der Waals surface area contributed by atoms with Gasteiger partial charge in [-0.25, -0.2) is 0 Å². The lowest BCUT2D eigenvalue weighted by atomic mass is 10.0. The molecule has 0 aliphatic rings. The molecule has 8 amide bonds. The van der Waals surface area contributed by atoms with Gasteiger partial charge in [-0.1, -0.05) is 27.7 Å². The summed E-state index contributed by atoms with van der Waals surface area (Å²) in [7, 11) is 3.59. The van der Waals surface area contributed by atoms with E-state index < -0.39 is 94.4 Å². The van der Waals surface area contributed by atoms with Crippen molar-refractivity contribution < 1.29 is 101 Å². The van der Waals surface area contributed by atoms with Crippen LogP contribution in [0.15, 0.2) is 0 Å². The average Bonchev–Trinajstić information content (AvgIpc) is 3.41. The summed E-state index contributed by atoms with van der Waals surface area (Å²) in [6.45, 7) is 23.7. The highest BCUT2D eigenvalue weighted by molar-refractivity contribution is 6.42. The third kappa shape index (κ3) is 40.3. The van der Waals surface area contributed by atoms with Crippen molar-refractivity contribution >= 4 is 106 Å². The maximum Gasteiger partial charge on any atom is 0.317 e. The fraction of sp³-hybridized carbons (Fsp3) is 0.640. The summed E-state index contributed by atoms with van der Waals surface area (Å²) in [5.41, 5.74) is 0. The number of amides is 8. The standard InChI is InChI=1S/C9H13NO5.C9H15NO4.C9H13NO4.C9H15NO3.C7H13NO3.C7H13NO2/c1-4-6(11)10-8(13)7(12)5(2)9(14)15-3;1-4-8(12)10-5-7(11)6(2)9(13)14-3;1-4-7(12)10-9(14)8(13)5(2)6(3)11;1-4-9(13)10-5-8(12)6(2)7(3)11;1-4-8-6(9)5(2)7(10)11-3;1-4-8-7(10)5(2)6(3)9/h5H,4H2,1-3H3,(H,10,11,13);6H,4-5H2,1-3H3,(H,10,12);5H,4H2,1-3H3,(H,10,12,14);6H,4-5H2,1-3H3,(H,10,13);5H,4H2,1-3H3,(H,8,9);5H,4H2,1-3H3,(H,8,10). The number of rotatable bonds is 24. The smallest absolute Gasteiger partial charge is 0.317 e. The van der Waals surface area contributed by atoms with Gasteiger partial charge in [0.05, 0.1) is 52.2 Å². The normalized spacial score (nSPS) is 11.8. The highest BCUT2D eigenvalue weighted by Crippen LogP contribution is 2.02. The molecule has 0 rings (SSSR count). The molecule has 0 saturated carbocycles. The molecular formula is C50H82N6O21. The second kappa shape index (κ2) is 46.8. The van der Waals surface area contributed by atoms with Crippen molar-refractivity contribution in [2.75, 3.05) is 47.5 Å². The molecule has 0 saturated heterocycles. The van der Waals surface area contributed by atoms with Crippen LogP contribution < -0.4 is 31.9 Å². The molecule has 0 aliphatic carbocycles. The minimum absolute atomic E-state index is 0.0482. The van der Waals surface area contributed by atoms with Crippen LogP contribution in [0, 0.1) is 35.5 Å². The van der Waals surface area contributed by atoms with E-state index in [2.05, 4.69) is 35.5 Å². The Hall–Kier alpha value is -7.74. The second-order valence-corrected chi connectivity index (χ2v) is 15.9. The lowest BCUT2D eigenvalue weighted by molar-refractivity contribution is -0.153. The van der Waals surface area contributed by atoms with E-state index in [0.717, 1.165) is 7.11 Å². The summed E-state index contributed by atoms with van der Waals surface area (Å²) in [5, 5.41) is 13.7. The molecule has 0 radical (unpaired) electrons. The molecule has 27 heteroatoms. The summed E-state index contributed by atoms with van der Waals surface area (Å²) in [5.74, 6) is -13.9. The molecule has 6 N–H and O–H groups in total. The van der Waals surface area contributed by atoms with Gasteiger partial charge in [-0.05, 0) is 76.2 Å². The first-order chi connectivity index (χ1) is 35.6. The number of Topliss-reactive ketones (excluding diaryl/α,β-unsaturated/α-hetero) is 7. The summed E-state index contributed by atoms with van der Waals surface area (Å²) in [6, 6.07) is 0. The van der Waals surface area contributed by atoms with Crippen molar-refractivity contribution in [1.29, 1.82) is 0 Å². The van der Waals surface area contributed by atoms with E-state index in [1.807, 2.05) is 17.6 Å². The monoisotopic (exact) mass is 1100 g/mol. The van der Waals surface area contributed by atoms with Crippen molar-refractivity contribution in [3.05, 3.63) is 0 Å². The lowest BCUT2D eigenvalue weighted by Crippen LogP contribution is -2.40. The fourth-order valence-corrected chi connectivity index (χ4v) is 4.00. The van der Waals surface area contributed by atoms with Gasteiger partial charge in [0, 0.05) is 38.8 Å². The summed E-state index contributed by atoms with van der Waals surface area (Å²) >= 11 is 0. The predicted molar refractivity (Wildman–Crippen MR) is 274 cm³/mol. The van der Waals surface area contributed by atoms with Crippen molar-refractivity contribution in [1.82, 2.24) is 31.9 Å². The third-order valence-corrected chi connectivity index (χ3v) is 9.89. The molecule has 6 unspecified atom stereocenters. The van der Waals surface area contributed by atoms with Gasteiger partial charge in [-0.2, -0.15) is 0 Å². The molecule has 0 fully saturated rings. The van der Waals surface area contributed by atoms with Gasteiger partial charge in [0.1, 0.15) is 35.1 Å². The van der Waals surface area contributed by atoms with Crippen LogP contribution in [-0.2, 0) is 101 Å². The zero-order valence-corrected chi connectivity index (χ0v) is 47.7. The van der Waals surface area contributed by atoms with Gasteiger partial charge in [0.2, 0.25) is 47.0 Å². The van der Waals surface area contributed by atoms with Crippen LogP contribution in [0.25, 0.3) is 0 Å². The predicted octanol–water partition coefficient (Wildman–Crippen LogP) is -0.272. The first-order valence-electron chi connectivity index (χ1n) is 24.2. The second-order valence-electron chi connectivity index (χ2n) is 15.9. The van der Waals surface area contributed by atoms with E-state index in [9.17, 15) is 86.3 Å². The number of nitrogens with one attached hydrogen (secondary N) is 6. The molecule has 27 nitrogen and oxygen atoms in total. The zero-order valence-electron chi connectivity index (χ0n) is 47.7. The zero-order chi connectivity index (χ0) is 61.9.